The molecule has 0 spiro atoms. The maximum atomic E-state index is 12.5. The molecule has 0 saturated carbocycles. The van der Waals surface area contributed by atoms with E-state index in [4.69, 9.17) is 4.74 Å². The van der Waals surface area contributed by atoms with Gasteiger partial charge in [0.1, 0.15) is 5.75 Å². The lowest BCUT2D eigenvalue weighted by atomic mass is 9.89. The monoisotopic (exact) mass is 307 g/mol. The molecule has 1 N–H and O–H groups in total. The molecule has 0 fully saturated rings. The third-order valence-electron chi connectivity index (χ3n) is 4.38. The zero-order chi connectivity index (χ0) is 16.2. The number of fused-ring (bicyclic) bond motifs is 1. The van der Waals surface area contributed by atoms with E-state index in [2.05, 4.69) is 11.9 Å². The quantitative estimate of drug-likeness (QED) is 0.655. The van der Waals surface area contributed by atoms with Gasteiger partial charge in [0.15, 0.2) is 5.78 Å². The summed E-state index contributed by atoms with van der Waals surface area (Å²) in [6.45, 7) is 2.13. The van der Waals surface area contributed by atoms with Crippen LogP contribution in [-0.2, 0) is 0 Å². The Morgan fingerprint density at radius 1 is 1.17 bits per heavy atom. The number of ether oxygens (including phenoxy) is 1. The number of H-pyrrole nitrogens is 1. The highest BCUT2D eigenvalue weighted by Crippen LogP contribution is 2.33. The summed E-state index contributed by atoms with van der Waals surface area (Å²) in [5.41, 5.74) is 3.04. The van der Waals surface area contributed by atoms with Gasteiger partial charge in [0, 0.05) is 29.1 Å². The smallest absolute Gasteiger partial charge is 0.163 e. The van der Waals surface area contributed by atoms with Gasteiger partial charge in [0.2, 0.25) is 0 Å². The Morgan fingerprint density at radius 2 is 1.96 bits per heavy atom. The molecule has 23 heavy (non-hydrogen) atoms. The summed E-state index contributed by atoms with van der Waals surface area (Å²) in [5, 5.41) is 1.14. The molecular formula is C20H21NO2. The third kappa shape index (κ3) is 3.14. The molecule has 0 bridgehead atoms. The van der Waals surface area contributed by atoms with Gasteiger partial charge < -0.3 is 9.72 Å². The lowest BCUT2D eigenvalue weighted by molar-refractivity contribution is 0.0973. The Bertz CT molecular complexity index is 805. The highest BCUT2D eigenvalue weighted by atomic mass is 16.5. The van der Waals surface area contributed by atoms with Crippen LogP contribution in [0.4, 0.5) is 0 Å². The fraction of sp³-hybridized carbons (Fsp3) is 0.250. The molecule has 0 unspecified atom stereocenters. The molecule has 0 radical (unpaired) electrons. The summed E-state index contributed by atoms with van der Waals surface area (Å²) >= 11 is 0. The Kier molecular flexibility index (Phi) is 4.47. The molecule has 3 heteroatoms. The van der Waals surface area contributed by atoms with Crippen molar-refractivity contribution in [3.8, 4) is 5.75 Å². The van der Waals surface area contributed by atoms with Crippen LogP contribution in [0.5, 0.6) is 5.75 Å². The van der Waals surface area contributed by atoms with Gasteiger partial charge in [-0.1, -0.05) is 37.3 Å². The first-order chi connectivity index (χ1) is 11.2. The van der Waals surface area contributed by atoms with Gasteiger partial charge in [-0.15, -0.1) is 0 Å². The molecule has 3 aromatic rings. The molecule has 1 heterocycles. The Morgan fingerprint density at radius 3 is 2.65 bits per heavy atom. The van der Waals surface area contributed by atoms with Crippen molar-refractivity contribution in [2.45, 2.75) is 25.7 Å². The second-order valence-corrected chi connectivity index (χ2v) is 5.75. The number of hydrogen-bond donors (Lipinski definition) is 1. The maximum Gasteiger partial charge on any atom is 0.163 e. The average Bonchev–Trinajstić information content (AvgIpc) is 3.03. The second-order valence-electron chi connectivity index (χ2n) is 5.75. The van der Waals surface area contributed by atoms with E-state index in [0.717, 1.165) is 28.6 Å². The Hall–Kier alpha value is -2.55. The summed E-state index contributed by atoms with van der Waals surface area (Å²) in [4.78, 5) is 15.8. The number of Topliss-reactive ketones (excluding diaryl/α,β-unsaturated/α-hetero) is 1. The van der Waals surface area contributed by atoms with Gasteiger partial charge in [-0.3, -0.25) is 4.79 Å². The summed E-state index contributed by atoms with van der Waals surface area (Å²) in [7, 11) is 1.67. The number of aromatic nitrogens is 1. The van der Waals surface area contributed by atoms with Crippen molar-refractivity contribution in [1.29, 1.82) is 0 Å². The Labute approximate surface area is 136 Å². The molecule has 0 amide bonds. The predicted octanol–water partition coefficient (Wildman–Crippen LogP) is 4.94. The lowest BCUT2D eigenvalue weighted by Crippen LogP contribution is -2.06. The van der Waals surface area contributed by atoms with Crippen molar-refractivity contribution in [3.63, 3.8) is 0 Å². The number of benzene rings is 2. The maximum absolute atomic E-state index is 12.5. The number of methoxy groups -OCH3 is 1. The zero-order valence-electron chi connectivity index (χ0n) is 13.5. The number of ketones is 1. The van der Waals surface area contributed by atoms with Gasteiger partial charge in [-0.25, -0.2) is 0 Å². The first-order valence-corrected chi connectivity index (χ1v) is 7.96. The van der Waals surface area contributed by atoms with E-state index in [-0.39, 0.29) is 11.7 Å². The summed E-state index contributed by atoms with van der Waals surface area (Å²) in [6.07, 6.45) is 3.46. The summed E-state index contributed by atoms with van der Waals surface area (Å²) < 4.78 is 5.33. The zero-order valence-corrected chi connectivity index (χ0v) is 13.5. The first kappa shape index (κ1) is 15.3. The molecule has 2 aromatic carbocycles. The number of hydrogen-bond acceptors (Lipinski definition) is 2. The van der Waals surface area contributed by atoms with Crippen molar-refractivity contribution in [2.75, 3.05) is 7.11 Å². The highest BCUT2D eigenvalue weighted by Gasteiger charge is 2.19. The fourth-order valence-electron chi connectivity index (χ4n) is 3.03. The highest BCUT2D eigenvalue weighted by molar-refractivity contribution is 5.97. The van der Waals surface area contributed by atoms with Crippen LogP contribution in [0.2, 0.25) is 0 Å². The molecule has 0 aliphatic heterocycles. The molecule has 1 aromatic heterocycles. The standard InChI is InChI=1S/C20H21NO2/c1-3-14(11-20(22)15-7-5-4-6-8-15)18-13-21-19-10-9-16(23-2)12-17(18)19/h4-10,12-14,21H,3,11H2,1-2H3/t14-/m0/s1. The van der Waals surface area contributed by atoms with Gasteiger partial charge in [0.05, 0.1) is 7.11 Å². The van der Waals surface area contributed by atoms with E-state index in [1.807, 2.05) is 54.7 Å². The van der Waals surface area contributed by atoms with E-state index in [9.17, 15) is 4.79 Å². The van der Waals surface area contributed by atoms with Crippen molar-refractivity contribution in [2.24, 2.45) is 0 Å². The second kappa shape index (κ2) is 6.69. The number of aromatic amines is 1. The van der Waals surface area contributed by atoms with Crippen LogP contribution in [0.1, 0.15) is 41.6 Å². The van der Waals surface area contributed by atoms with Crippen molar-refractivity contribution in [1.82, 2.24) is 4.98 Å². The largest absolute Gasteiger partial charge is 0.497 e. The lowest BCUT2D eigenvalue weighted by Gasteiger charge is -2.14. The van der Waals surface area contributed by atoms with Gasteiger partial charge >= 0.3 is 0 Å². The third-order valence-corrected chi connectivity index (χ3v) is 4.38. The number of carbonyl (C=O) groups excluding carboxylic acids is 1. The minimum atomic E-state index is 0.190. The van der Waals surface area contributed by atoms with E-state index in [0.29, 0.717) is 6.42 Å². The molecular weight excluding hydrogens is 286 g/mol. The van der Waals surface area contributed by atoms with Crippen LogP contribution in [0.25, 0.3) is 10.9 Å². The first-order valence-electron chi connectivity index (χ1n) is 7.96. The van der Waals surface area contributed by atoms with E-state index >= 15 is 0 Å². The average molecular weight is 307 g/mol. The minimum Gasteiger partial charge on any atom is -0.497 e. The van der Waals surface area contributed by atoms with Gasteiger partial charge in [-0.05, 0) is 36.1 Å². The van der Waals surface area contributed by atoms with Crippen LogP contribution in [0.15, 0.2) is 54.7 Å². The number of nitrogens with one attached hydrogen (secondary N) is 1. The summed E-state index contributed by atoms with van der Waals surface area (Å²) in [6, 6.07) is 15.5. The number of rotatable bonds is 6. The van der Waals surface area contributed by atoms with Gasteiger partial charge in [0.25, 0.3) is 0 Å². The van der Waals surface area contributed by atoms with Crippen LogP contribution in [-0.4, -0.2) is 17.9 Å². The van der Waals surface area contributed by atoms with Crippen LogP contribution < -0.4 is 4.74 Å². The molecule has 0 saturated heterocycles. The SMILES string of the molecule is CC[C@@H](CC(=O)c1ccccc1)c1c[nH]c2ccc(OC)cc12. The van der Waals surface area contributed by atoms with Crippen LogP contribution in [0, 0.1) is 0 Å². The predicted molar refractivity (Wildman–Crippen MR) is 93.3 cm³/mol. The number of carbonyl (C=O) groups is 1. The van der Waals surface area contributed by atoms with Crippen molar-refractivity contribution < 1.29 is 9.53 Å². The summed E-state index contributed by atoms with van der Waals surface area (Å²) in [5.74, 6) is 1.22. The van der Waals surface area contributed by atoms with Crippen molar-refractivity contribution >= 4 is 16.7 Å². The Balaban J connectivity index is 1.90. The van der Waals surface area contributed by atoms with E-state index in [1.54, 1.807) is 7.11 Å². The molecule has 0 aliphatic rings. The normalized spacial score (nSPS) is 12.3. The van der Waals surface area contributed by atoms with Crippen LogP contribution in [0.3, 0.4) is 0 Å². The van der Waals surface area contributed by atoms with Gasteiger partial charge in [-0.2, -0.15) is 0 Å². The van der Waals surface area contributed by atoms with Crippen molar-refractivity contribution in [3.05, 3.63) is 65.9 Å². The van der Waals surface area contributed by atoms with E-state index < -0.39 is 0 Å². The molecule has 1 atom stereocenters. The van der Waals surface area contributed by atoms with Crippen LogP contribution >= 0.6 is 0 Å². The molecule has 3 nitrogen and oxygen atoms in total. The topological polar surface area (TPSA) is 42.1 Å². The molecule has 118 valence electrons. The minimum absolute atomic E-state index is 0.190. The fourth-order valence-corrected chi connectivity index (χ4v) is 3.03. The van der Waals surface area contributed by atoms with E-state index in [1.165, 1.54) is 5.56 Å². The molecule has 3 rings (SSSR count). The molecule has 0 aliphatic carbocycles.